The molecule has 3 N–H and O–H groups in total. The van der Waals surface area contributed by atoms with Gasteiger partial charge in [-0.15, -0.1) is 0 Å². The van der Waals surface area contributed by atoms with Crippen LogP contribution in [0.2, 0.25) is 0 Å². The Hall–Kier alpha value is -0.940. The van der Waals surface area contributed by atoms with E-state index in [2.05, 4.69) is 48.3 Å². The third kappa shape index (κ3) is 5.59. The Morgan fingerprint density at radius 1 is 1.10 bits per heavy atom. The first-order chi connectivity index (χ1) is 9.72. The first kappa shape index (κ1) is 17.1. The van der Waals surface area contributed by atoms with E-state index < -0.39 is 0 Å². The first-order valence-electron chi connectivity index (χ1n) is 7.45. The molecule has 0 aromatic heterocycles. The summed E-state index contributed by atoms with van der Waals surface area (Å²) in [6.07, 6.45) is 0. The lowest BCUT2D eigenvalue weighted by molar-refractivity contribution is 0.138. The Kier molecular flexibility index (Phi) is 8.46. The maximum absolute atomic E-state index is 9.10. The van der Waals surface area contributed by atoms with Crippen LogP contribution in [0.1, 0.15) is 25.5 Å². The Bertz CT molecular complexity index is 340. The first-order valence-corrected chi connectivity index (χ1v) is 7.45. The molecule has 1 aromatic rings. The summed E-state index contributed by atoms with van der Waals surface area (Å²) >= 11 is 0. The molecule has 0 fully saturated rings. The van der Waals surface area contributed by atoms with Crippen molar-refractivity contribution in [2.45, 2.75) is 19.9 Å². The number of aliphatic hydroxyl groups excluding tert-OH is 2. The fraction of sp³-hybridized carbons (Fsp3) is 0.625. The highest BCUT2D eigenvalue weighted by molar-refractivity contribution is 5.19. The standard InChI is InChI=1S/C16H28N2O2/c1-3-17-16(15-7-5-4-6-8-15)14(2)13-18(9-11-19)10-12-20/h4-8,14,16-17,19-20H,3,9-13H2,1-2H3. The third-order valence-corrected chi connectivity index (χ3v) is 3.53. The summed E-state index contributed by atoms with van der Waals surface area (Å²) in [6.45, 7) is 7.58. The van der Waals surface area contributed by atoms with Gasteiger partial charge in [0.2, 0.25) is 0 Å². The molecule has 4 heteroatoms. The highest BCUT2D eigenvalue weighted by atomic mass is 16.3. The van der Waals surface area contributed by atoms with Crippen molar-refractivity contribution in [3.63, 3.8) is 0 Å². The third-order valence-electron chi connectivity index (χ3n) is 3.53. The molecule has 2 unspecified atom stereocenters. The molecule has 0 saturated heterocycles. The second-order valence-electron chi connectivity index (χ2n) is 5.17. The highest BCUT2D eigenvalue weighted by Crippen LogP contribution is 2.22. The predicted molar refractivity (Wildman–Crippen MR) is 82.6 cm³/mol. The van der Waals surface area contributed by atoms with Gasteiger partial charge in [-0.05, 0) is 18.0 Å². The minimum Gasteiger partial charge on any atom is -0.395 e. The van der Waals surface area contributed by atoms with Crippen LogP contribution in [0, 0.1) is 5.92 Å². The van der Waals surface area contributed by atoms with Crippen molar-refractivity contribution in [3.8, 4) is 0 Å². The van der Waals surface area contributed by atoms with E-state index in [-0.39, 0.29) is 13.2 Å². The lowest BCUT2D eigenvalue weighted by atomic mass is 9.94. The SMILES string of the molecule is CCNC(c1ccccc1)C(C)CN(CCO)CCO. The lowest BCUT2D eigenvalue weighted by Crippen LogP contribution is -2.38. The molecule has 0 bridgehead atoms. The normalized spacial score (nSPS) is 14.4. The number of nitrogens with one attached hydrogen (secondary N) is 1. The molecule has 0 aliphatic rings. The van der Waals surface area contributed by atoms with Gasteiger partial charge in [0.05, 0.1) is 13.2 Å². The molecular formula is C16H28N2O2. The van der Waals surface area contributed by atoms with Crippen LogP contribution in [0.15, 0.2) is 30.3 Å². The number of nitrogens with zero attached hydrogens (tertiary/aromatic N) is 1. The van der Waals surface area contributed by atoms with Crippen molar-refractivity contribution >= 4 is 0 Å². The van der Waals surface area contributed by atoms with Crippen LogP contribution in [0.25, 0.3) is 0 Å². The van der Waals surface area contributed by atoms with Crippen LogP contribution >= 0.6 is 0 Å². The van der Waals surface area contributed by atoms with E-state index in [9.17, 15) is 0 Å². The number of rotatable bonds is 10. The minimum atomic E-state index is 0.129. The van der Waals surface area contributed by atoms with E-state index in [1.165, 1.54) is 5.56 Å². The van der Waals surface area contributed by atoms with Crippen molar-refractivity contribution in [3.05, 3.63) is 35.9 Å². The van der Waals surface area contributed by atoms with Gasteiger partial charge in [-0.1, -0.05) is 44.2 Å². The number of hydrogen-bond acceptors (Lipinski definition) is 4. The van der Waals surface area contributed by atoms with Crippen LogP contribution in [0.3, 0.4) is 0 Å². The van der Waals surface area contributed by atoms with E-state index in [1.807, 2.05) is 6.07 Å². The van der Waals surface area contributed by atoms with Crippen molar-refractivity contribution in [2.75, 3.05) is 39.4 Å². The van der Waals surface area contributed by atoms with Crippen molar-refractivity contribution in [1.29, 1.82) is 0 Å². The molecule has 20 heavy (non-hydrogen) atoms. The van der Waals surface area contributed by atoms with Gasteiger partial charge in [0, 0.05) is 25.7 Å². The number of hydrogen-bond donors (Lipinski definition) is 3. The molecule has 4 nitrogen and oxygen atoms in total. The largest absolute Gasteiger partial charge is 0.395 e. The molecule has 1 aromatic carbocycles. The van der Waals surface area contributed by atoms with Crippen molar-refractivity contribution < 1.29 is 10.2 Å². The quantitative estimate of drug-likeness (QED) is 0.604. The average molecular weight is 280 g/mol. The monoisotopic (exact) mass is 280 g/mol. The van der Waals surface area contributed by atoms with E-state index in [0.29, 0.717) is 25.0 Å². The second-order valence-corrected chi connectivity index (χ2v) is 5.17. The maximum Gasteiger partial charge on any atom is 0.0558 e. The summed E-state index contributed by atoms with van der Waals surface area (Å²) in [7, 11) is 0. The maximum atomic E-state index is 9.10. The summed E-state index contributed by atoms with van der Waals surface area (Å²) in [5.74, 6) is 0.399. The van der Waals surface area contributed by atoms with Crippen LogP contribution in [-0.4, -0.2) is 54.5 Å². The zero-order chi connectivity index (χ0) is 14.8. The zero-order valence-electron chi connectivity index (χ0n) is 12.6. The lowest BCUT2D eigenvalue weighted by Gasteiger charge is -2.30. The molecule has 0 heterocycles. The van der Waals surface area contributed by atoms with Gasteiger partial charge >= 0.3 is 0 Å². The minimum absolute atomic E-state index is 0.129. The van der Waals surface area contributed by atoms with Gasteiger partial charge < -0.3 is 15.5 Å². The van der Waals surface area contributed by atoms with Crippen LogP contribution in [0.5, 0.6) is 0 Å². The van der Waals surface area contributed by atoms with Crippen LogP contribution in [0.4, 0.5) is 0 Å². The van der Waals surface area contributed by atoms with Gasteiger partial charge in [0.1, 0.15) is 0 Å². The second kappa shape index (κ2) is 9.88. The molecule has 0 spiro atoms. The number of benzene rings is 1. The molecule has 0 saturated carbocycles. The topological polar surface area (TPSA) is 55.7 Å². The molecule has 0 radical (unpaired) electrons. The van der Waals surface area contributed by atoms with Crippen LogP contribution < -0.4 is 5.32 Å². The van der Waals surface area contributed by atoms with E-state index >= 15 is 0 Å². The van der Waals surface area contributed by atoms with Gasteiger partial charge in [0.25, 0.3) is 0 Å². The molecule has 1 rings (SSSR count). The molecule has 2 atom stereocenters. The van der Waals surface area contributed by atoms with Gasteiger partial charge in [-0.3, -0.25) is 4.90 Å². The summed E-state index contributed by atoms with van der Waals surface area (Å²) in [5.41, 5.74) is 1.29. The fourth-order valence-corrected chi connectivity index (χ4v) is 2.62. The molecule has 0 aliphatic heterocycles. The summed E-state index contributed by atoms with van der Waals surface area (Å²) < 4.78 is 0. The fourth-order valence-electron chi connectivity index (χ4n) is 2.62. The summed E-state index contributed by atoms with van der Waals surface area (Å²) in [5, 5.41) is 21.7. The van der Waals surface area contributed by atoms with Crippen molar-refractivity contribution in [2.24, 2.45) is 5.92 Å². The van der Waals surface area contributed by atoms with Crippen LogP contribution in [-0.2, 0) is 0 Å². The average Bonchev–Trinajstić information content (AvgIpc) is 2.46. The van der Waals surface area contributed by atoms with E-state index in [1.54, 1.807) is 0 Å². The smallest absolute Gasteiger partial charge is 0.0558 e. The molecular weight excluding hydrogens is 252 g/mol. The number of aliphatic hydroxyl groups is 2. The summed E-state index contributed by atoms with van der Waals surface area (Å²) in [6, 6.07) is 10.7. The van der Waals surface area contributed by atoms with E-state index in [0.717, 1.165) is 13.1 Å². The molecule has 114 valence electrons. The Balaban J connectivity index is 2.70. The predicted octanol–water partition coefficient (Wildman–Crippen LogP) is 1.26. The van der Waals surface area contributed by atoms with Gasteiger partial charge in [-0.25, -0.2) is 0 Å². The summed E-state index contributed by atoms with van der Waals surface area (Å²) in [4.78, 5) is 2.11. The zero-order valence-corrected chi connectivity index (χ0v) is 12.6. The Labute approximate surface area is 122 Å². The molecule has 0 aliphatic carbocycles. The Morgan fingerprint density at radius 2 is 1.70 bits per heavy atom. The Morgan fingerprint density at radius 3 is 2.20 bits per heavy atom. The van der Waals surface area contributed by atoms with E-state index in [4.69, 9.17) is 10.2 Å². The molecule has 0 amide bonds. The van der Waals surface area contributed by atoms with Gasteiger partial charge in [-0.2, -0.15) is 0 Å². The van der Waals surface area contributed by atoms with Crippen molar-refractivity contribution in [1.82, 2.24) is 10.2 Å². The highest BCUT2D eigenvalue weighted by Gasteiger charge is 2.20. The van der Waals surface area contributed by atoms with Gasteiger partial charge in [0.15, 0.2) is 0 Å².